The molecular formula is C22H18N4OS. The first-order valence-electron chi connectivity index (χ1n) is 8.97. The summed E-state index contributed by atoms with van der Waals surface area (Å²) in [6.45, 7) is 2.56. The molecule has 1 aliphatic rings. The number of thiocarbonyl (C=S) groups is 1. The Morgan fingerprint density at radius 2 is 1.93 bits per heavy atom. The largest absolute Gasteiger partial charge is 0.346 e. The lowest BCUT2D eigenvalue weighted by Crippen LogP contribution is -2.30. The van der Waals surface area contributed by atoms with Gasteiger partial charge in [-0.15, -0.1) is 0 Å². The summed E-state index contributed by atoms with van der Waals surface area (Å²) in [6.07, 6.45) is 4.23. The van der Waals surface area contributed by atoms with Gasteiger partial charge in [0.05, 0.1) is 18.2 Å². The summed E-state index contributed by atoms with van der Waals surface area (Å²) in [5, 5.41) is 13.4. The standard InChI is InChI=1S/C22H18N4OS/c1-15-7-2-4-9-19(15)26-21(27)18(24-22(26)28)13-16-14-25(12-6-11-23)20-10-5-3-8-17(16)20/h2-5,7-10,13-14H,6,12H2,1H3,(H,24,28)/b18-13+. The van der Waals surface area contributed by atoms with Gasteiger partial charge in [0.15, 0.2) is 5.11 Å². The van der Waals surface area contributed by atoms with Gasteiger partial charge in [-0.25, -0.2) is 0 Å². The van der Waals surface area contributed by atoms with Crippen LogP contribution in [0, 0.1) is 18.3 Å². The number of aromatic nitrogens is 1. The number of nitriles is 1. The molecule has 1 aromatic heterocycles. The Morgan fingerprint density at radius 3 is 2.71 bits per heavy atom. The quantitative estimate of drug-likeness (QED) is 0.541. The predicted molar refractivity (Wildman–Crippen MR) is 115 cm³/mol. The Hall–Kier alpha value is -3.43. The Balaban J connectivity index is 1.74. The Labute approximate surface area is 168 Å². The van der Waals surface area contributed by atoms with Gasteiger partial charge in [0.2, 0.25) is 0 Å². The summed E-state index contributed by atoms with van der Waals surface area (Å²) >= 11 is 5.42. The number of benzene rings is 2. The van der Waals surface area contributed by atoms with Gasteiger partial charge in [0.1, 0.15) is 5.70 Å². The molecule has 0 unspecified atom stereocenters. The molecule has 1 amide bonds. The van der Waals surface area contributed by atoms with Crippen LogP contribution >= 0.6 is 12.2 Å². The molecule has 0 saturated carbocycles. The number of anilines is 1. The number of carbonyl (C=O) groups is 1. The molecule has 2 heterocycles. The van der Waals surface area contributed by atoms with Crippen molar-refractivity contribution in [3.63, 3.8) is 0 Å². The van der Waals surface area contributed by atoms with Gasteiger partial charge in [-0.05, 0) is 42.9 Å². The lowest BCUT2D eigenvalue weighted by atomic mass is 10.1. The van der Waals surface area contributed by atoms with Crippen molar-refractivity contribution in [1.29, 1.82) is 5.26 Å². The summed E-state index contributed by atoms with van der Waals surface area (Å²) in [4.78, 5) is 14.6. The average molecular weight is 386 g/mol. The highest BCUT2D eigenvalue weighted by molar-refractivity contribution is 7.80. The number of hydrogen-bond donors (Lipinski definition) is 1. The third kappa shape index (κ3) is 3.06. The molecule has 4 rings (SSSR count). The van der Waals surface area contributed by atoms with Crippen molar-refractivity contribution in [3.8, 4) is 6.07 Å². The van der Waals surface area contributed by atoms with E-state index in [2.05, 4.69) is 11.4 Å². The molecular weight excluding hydrogens is 368 g/mol. The van der Waals surface area contributed by atoms with E-state index in [4.69, 9.17) is 17.5 Å². The van der Waals surface area contributed by atoms with Crippen molar-refractivity contribution < 1.29 is 4.79 Å². The highest BCUT2D eigenvalue weighted by Crippen LogP contribution is 2.28. The Morgan fingerprint density at radius 1 is 1.18 bits per heavy atom. The van der Waals surface area contributed by atoms with Crippen LogP contribution in [0.25, 0.3) is 17.0 Å². The molecule has 2 aromatic carbocycles. The molecule has 1 N–H and O–H groups in total. The van der Waals surface area contributed by atoms with E-state index in [-0.39, 0.29) is 5.91 Å². The zero-order chi connectivity index (χ0) is 19.7. The smallest absolute Gasteiger partial charge is 0.281 e. The van der Waals surface area contributed by atoms with Gasteiger partial charge in [-0.1, -0.05) is 36.4 Å². The lowest BCUT2D eigenvalue weighted by molar-refractivity contribution is -0.113. The van der Waals surface area contributed by atoms with Crippen LogP contribution in [0.2, 0.25) is 0 Å². The second-order valence-electron chi connectivity index (χ2n) is 6.62. The molecule has 1 aliphatic heterocycles. The van der Waals surface area contributed by atoms with Crippen molar-refractivity contribution >= 4 is 45.9 Å². The summed E-state index contributed by atoms with van der Waals surface area (Å²) in [5.74, 6) is -0.173. The van der Waals surface area contributed by atoms with Gasteiger partial charge >= 0.3 is 0 Å². The molecule has 6 heteroatoms. The van der Waals surface area contributed by atoms with Crippen LogP contribution in [0.15, 0.2) is 60.4 Å². The molecule has 0 radical (unpaired) electrons. The normalized spacial score (nSPS) is 15.3. The number of nitrogens with zero attached hydrogens (tertiary/aromatic N) is 3. The highest BCUT2D eigenvalue weighted by atomic mass is 32.1. The SMILES string of the molecule is Cc1ccccc1N1C(=O)/C(=C\c2cn(CCC#N)c3ccccc23)NC1=S. The van der Waals surface area contributed by atoms with Crippen LogP contribution in [-0.2, 0) is 11.3 Å². The maximum Gasteiger partial charge on any atom is 0.281 e. The number of carbonyl (C=O) groups excluding carboxylic acids is 1. The minimum atomic E-state index is -0.173. The van der Waals surface area contributed by atoms with Crippen molar-refractivity contribution in [3.05, 3.63) is 71.6 Å². The number of aryl methyl sites for hydroxylation is 2. The van der Waals surface area contributed by atoms with Crippen LogP contribution in [-0.4, -0.2) is 15.6 Å². The fourth-order valence-corrected chi connectivity index (χ4v) is 3.76. The van der Waals surface area contributed by atoms with E-state index >= 15 is 0 Å². The fourth-order valence-electron chi connectivity index (χ4n) is 3.47. The second-order valence-corrected chi connectivity index (χ2v) is 7.01. The van der Waals surface area contributed by atoms with Crippen LogP contribution in [0.4, 0.5) is 5.69 Å². The molecule has 138 valence electrons. The predicted octanol–water partition coefficient (Wildman–Crippen LogP) is 4.13. The van der Waals surface area contributed by atoms with E-state index in [1.807, 2.05) is 72.3 Å². The van der Waals surface area contributed by atoms with E-state index in [0.717, 1.165) is 27.7 Å². The van der Waals surface area contributed by atoms with Gasteiger partial charge in [-0.3, -0.25) is 9.69 Å². The number of hydrogen-bond acceptors (Lipinski definition) is 3. The third-order valence-corrected chi connectivity index (χ3v) is 5.10. The van der Waals surface area contributed by atoms with Crippen LogP contribution < -0.4 is 10.2 Å². The molecule has 1 fully saturated rings. The maximum absolute atomic E-state index is 13.0. The molecule has 0 bridgehead atoms. The highest BCUT2D eigenvalue weighted by Gasteiger charge is 2.32. The molecule has 0 aliphatic carbocycles. The number of fused-ring (bicyclic) bond motifs is 1. The molecule has 28 heavy (non-hydrogen) atoms. The summed E-state index contributed by atoms with van der Waals surface area (Å²) in [6, 6.07) is 17.8. The van der Waals surface area contributed by atoms with Crippen molar-refractivity contribution in [2.45, 2.75) is 19.9 Å². The van der Waals surface area contributed by atoms with E-state index < -0.39 is 0 Å². The number of amides is 1. The monoisotopic (exact) mass is 386 g/mol. The van der Waals surface area contributed by atoms with E-state index in [1.54, 1.807) is 0 Å². The van der Waals surface area contributed by atoms with Crippen molar-refractivity contribution in [1.82, 2.24) is 9.88 Å². The van der Waals surface area contributed by atoms with Crippen molar-refractivity contribution in [2.24, 2.45) is 0 Å². The molecule has 1 saturated heterocycles. The topological polar surface area (TPSA) is 61.1 Å². The van der Waals surface area contributed by atoms with Crippen molar-refractivity contribution in [2.75, 3.05) is 4.90 Å². The van der Waals surface area contributed by atoms with Crippen LogP contribution in [0.1, 0.15) is 17.5 Å². The molecule has 3 aromatic rings. The summed E-state index contributed by atoms with van der Waals surface area (Å²) in [7, 11) is 0. The lowest BCUT2D eigenvalue weighted by Gasteiger charge is -2.16. The third-order valence-electron chi connectivity index (χ3n) is 4.82. The maximum atomic E-state index is 13.0. The second kappa shape index (κ2) is 7.29. The van der Waals surface area contributed by atoms with Gasteiger partial charge in [0.25, 0.3) is 5.91 Å². The minimum Gasteiger partial charge on any atom is -0.346 e. The first-order chi connectivity index (χ1) is 13.6. The summed E-state index contributed by atoms with van der Waals surface area (Å²) in [5.41, 5.74) is 4.16. The Kier molecular flexibility index (Phi) is 4.68. The molecule has 0 atom stereocenters. The number of nitrogens with one attached hydrogen (secondary N) is 1. The Bertz CT molecular complexity index is 1170. The first-order valence-corrected chi connectivity index (χ1v) is 9.38. The summed E-state index contributed by atoms with van der Waals surface area (Å²) < 4.78 is 2.04. The number of rotatable bonds is 4. The van der Waals surface area contributed by atoms with Gasteiger partial charge < -0.3 is 9.88 Å². The zero-order valence-corrected chi connectivity index (χ0v) is 16.2. The fraction of sp³-hybridized carbons (Fsp3) is 0.136. The van der Waals surface area contributed by atoms with E-state index in [9.17, 15) is 4.79 Å². The minimum absolute atomic E-state index is 0.173. The average Bonchev–Trinajstić information content (AvgIpc) is 3.18. The van der Waals surface area contributed by atoms with E-state index in [0.29, 0.717) is 23.8 Å². The van der Waals surface area contributed by atoms with Gasteiger partial charge in [0, 0.05) is 29.2 Å². The molecule has 0 spiro atoms. The number of para-hydroxylation sites is 2. The zero-order valence-electron chi connectivity index (χ0n) is 15.3. The first kappa shape index (κ1) is 18.0. The van der Waals surface area contributed by atoms with E-state index in [1.165, 1.54) is 4.90 Å². The van der Waals surface area contributed by atoms with Crippen LogP contribution in [0.5, 0.6) is 0 Å². The molecule has 5 nitrogen and oxygen atoms in total. The van der Waals surface area contributed by atoms with Gasteiger partial charge in [-0.2, -0.15) is 5.26 Å². The van der Waals surface area contributed by atoms with Crippen LogP contribution in [0.3, 0.4) is 0 Å².